The monoisotopic (exact) mass is 243 g/mol. The standard InChI is InChI=1S/C14H18N4/c1-18(14-15-9-4-10-16-14)17-13-8-7-11-5-2-3-6-12(11)13/h2-3,5-6H,4,7-10H2,1H3,(H,15,16)/p+1/b17-13-. The highest BCUT2D eigenvalue weighted by Crippen LogP contribution is 2.21. The van der Waals surface area contributed by atoms with Gasteiger partial charge in [0.1, 0.15) is 0 Å². The second-order valence-corrected chi connectivity index (χ2v) is 4.78. The Morgan fingerprint density at radius 2 is 1.89 bits per heavy atom. The highest BCUT2D eigenvalue weighted by Gasteiger charge is 2.19. The largest absolute Gasteiger partial charge is 0.369 e. The number of nitrogens with zero attached hydrogens (tertiary/aromatic N) is 2. The van der Waals surface area contributed by atoms with E-state index in [0.29, 0.717) is 0 Å². The predicted molar refractivity (Wildman–Crippen MR) is 73.1 cm³/mol. The first-order valence-electron chi connectivity index (χ1n) is 6.59. The molecule has 1 saturated heterocycles. The molecule has 1 aromatic rings. The summed E-state index contributed by atoms with van der Waals surface area (Å²) in [5.41, 5.74) is 3.91. The zero-order valence-corrected chi connectivity index (χ0v) is 10.7. The molecule has 94 valence electrons. The first kappa shape index (κ1) is 11.3. The summed E-state index contributed by atoms with van der Waals surface area (Å²) >= 11 is 0. The molecule has 1 fully saturated rings. The normalized spacial score (nSPS) is 20.3. The van der Waals surface area contributed by atoms with Crippen LogP contribution in [0.1, 0.15) is 24.0 Å². The third-order valence-corrected chi connectivity index (χ3v) is 3.49. The molecule has 0 radical (unpaired) electrons. The molecule has 0 unspecified atom stereocenters. The van der Waals surface area contributed by atoms with Gasteiger partial charge in [-0.3, -0.25) is 10.6 Å². The third-order valence-electron chi connectivity index (χ3n) is 3.49. The van der Waals surface area contributed by atoms with Crippen LogP contribution in [0, 0.1) is 0 Å². The molecule has 18 heavy (non-hydrogen) atoms. The molecule has 0 saturated carbocycles. The minimum atomic E-state index is 1.01. The van der Waals surface area contributed by atoms with Crippen molar-refractivity contribution in [2.24, 2.45) is 5.10 Å². The number of hydrogen-bond donors (Lipinski definition) is 2. The molecule has 3 rings (SSSR count). The number of aryl methyl sites for hydroxylation is 1. The van der Waals surface area contributed by atoms with Crippen LogP contribution in [0.15, 0.2) is 29.4 Å². The van der Waals surface area contributed by atoms with Gasteiger partial charge in [0, 0.05) is 12.0 Å². The van der Waals surface area contributed by atoms with E-state index in [0.717, 1.165) is 38.3 Å². The second kappa shape index (κ2) is 4.80. The van der Waals surface area contributed by atoms with Crippen LogP contribution in [-0.2, 0) is 6.42 Å². The number of hydrogen-bond acceptors (Lipinski definition) is 1. The molecule has 0 aromatic heterocycles. The van der Waals surface area contributed by atoms with Crippen molar-refractivity contribution in [1.29, 1.82) is 0 Å². The first-order valence-corrected chi connectivity index (χ1v) is 6.59. The van der Waals surface area contributed by atoms with Gasteiger partial charge in [0.15, 0.2) is 0 Å². The van der Waals surface area contributed by atoms with Gasteiger partial charge >= 0.3 is 5.96 Å². The molecule has 2 aliphatic rings. The Kier molecular flexibility index (Phi) is 3.00. The van der Waals surface area contributed by atoms with Gasteiger partial charge in [-0.1, -0.05) is 24.3 Å². The van der Waals surface area contributed by atoms with Gasteiger partial charge in [-0.2, -0.15) is 0 Å². The maximum absolute atomic E-state index is 4.73. The van der Waals surface area contributed by atoms with Gasteiger partial charge in [0.05, 0.1) is 25.8 Å². The fourth-order valence-corrected chi connectivity index (χ4v) is 2.54. The van der Waals surface area contributed by atoms with Crippen molar-refractivity contribution in [2.45, 2.75) is 19.3 Å². The number of rotatable bonds is 1. The van der Waals surface area contributed by atoms with E-state index in [1.807, 2.05) is 11.7 Å². The number of guanidine groups is 1. The Labute approximate surface area is 107 Å². The maximum atomic E-state index is 4.73. The van der Waals surface area contributed by atoms with Crippen LogP contribution in [0.4, 0.5) is 0 Å². The Balaban J connectivity index is 1.89. The summed E-state index contributed by atoms with van der Waals surface area (Å²) in [4.78, 5) is 0. The summed E-state index contributed by atoms with van der Waals surface area (Å²) in [6.07, 6.45) is 3.31. The molecule has 0 spiro atoms. The van der Waals surface area contributed by atoms with Crippen LogP contribution in [-0.4, -0.2) is 36.5 Å². The van der Waals surface area contributed by atoms with E-state index in [-0.39, 0.29) is 0 Å². The molecule has 0 amide bonds. The van der Waals surface area contributed by atoms with Crippen molar-refractivity contribution >= 4 is 11.7 Å². The number of hydrazone groups is 1. The van der Waals surface area contributed by atoms with Gasteiger partial charge < -0.3 is 0 Å². The zero-order valence-electron chi connectivity index (χ0n) is 10.7. The molecule has 1 aromatic carbocycles. The van der Waals surface area contributed by atoms with Crippen LogP contribution in [0.3, 0.4) is 0 Å². The van der Waals surface area contributed by atoms with Crippen molar-refractivity contribution in [3.05, 3.63) is 35.4 Å². The Bertz CT molecular complexity index is 508. The smallest absolute Gasteiger partial charge is 0.276 e. The van der Waals surface area contributed by atoms with Gasteiger partial charge in [0.25, 0.3) is 0 Å². The SMILES string of the molecule is C[N+](/N=C1/CCc2ccccc21)=C1NCCCN1. The van der Waals surface area contributed by atoms with E-state index in [1.54, 1.807) is 0 Å². The second-order valence-electron chi connectivity index (χ2n) is 4.78. The van der Waals surface area contributed by atoms with Crippen molar-refractivity contribution in [2.75, 3.05) is 20.1 Å². The molecule has 0 atom stereocenters. The van der Waals surface area contributed by atoms with Crippen LogP contribution in [0.25, 0.3) is 0 Å². The lowest BCUT2D eigenvalue weighted by molar-refractivity contribution is -0.507. The average Bonchev–Trinajstić information content (AvgIpc) is 2.83. The number of nitrogens with one attached hydrogen (secondary N) is 2. The zero-order chi connectivity index (χ0) is 12.4. The van der Waals surface area contributed by atoms with Crippen molar-refractivity contribution in [3.63, 3.8) is 0 Å². The van der Waals surface area contributed by atoms with Crippen molar-refractivity contribution in [3.8, 4) is 0 Å². The molecule has 0 bridgehead atoms. The number of benzene rings is 1. The lowest BCUT2D eigenvalue weighted by atomic mass is 10.1. The van der Waals surface area contributed by atoms with E-state index in [9.17, 15) is 0 Å². The molecule has 2 N–H and O–H groups in total. The van der Waals surface area contributed by atoms with E-state index < -0.39 is 0 Å². The van der Waals surface area contributed by atoms with Gasteiger partial charge in [-0.15, -0.1) is 9.79 Å². The van der Waals surface area contributed by atoms with E-state index in [2.05, 4.69) is 34.9 Å². The summed E-state index contributed by atoms with van der Waals surface area (Å²) in [7, 11) is 1.99. The van der Waals surface area contributed by atoms with Crippen LogP contribution >= 0.6 is 0 Å². The summed E-state index contributed by atoms with van der Waals surface area (Å²) in [5.74, 6) is 1.01. The van der Waals surface area contributed by atoms with Gasteiger partial charge in [-0.25, -0.2) is 0 Å². The topological polar surface area (TPSA) is 39.4 Å². The summed E-state index contributed by atoms with van der Waals surface area (Å²) in [6, 6.07) is 8.55. The highest BCUT2D eigenvalue weighted by molar-refractivity contribution is 6.04. The quantitative estimate of drug-likeness (QED) is 0.569. The molecule has 1 aliphatic carbocycles. The van der Waals surface area contributed by atoms with E-state index in [4.69, 9.17) is 5.10 Å². The molecule has 1 aliphatic heterocycles. The molecule has 1 heterocycles. The minimum Gasteiger partial charge on any atom is -0.276 e. The Morgan fingerprint density at radius 1 is 1.11 bits per heavy atom. The average molecular weight is 243 g/mol. The third kappa shape index (κ3) is 2.10. The van der Waals surface area contributed by atoms with Gasteiger partial charge in [0.2, 0.25) is 0 Å². The lowest BCUT2D eigenvalue weighted by Crippen LogP contribution is -2.48. The summed E-state index contributed by atoms with van der Waals surface area (Å²) in [6.45, 7) is 2.04. The van der Waals surface area contributed by atoms with Crippen LogP contribution in [0.2, 0.25) is 0 Å². The first-order chi connectivity index (χ1) is 8.84. The van der Waals surface area contributed by atoms with E-state index >= 15 is 0 Å². The summed E-state index contributed by atoms with van der Waals surface area (Å²) in [5, 5.41) is 11.4. The fourth-order valence-electron chi connectivity index (χ4n) is 2.54. The molecular formula is C14H19N4+. The molecule has 4 heteroatoms. The highest BCUT2D eigenvalue weighted by atomic mass is 15.4. The Morgan fingerprint density at radius 3 is 2.72 bits per heavy atom. The molecule has 4 nitrogen and oxygen atoms in total. The number of fused-ring (bicyclic) bond motifs is 1. The molecular weight excluding hydrogens is 224 g/mol. The fraction of sp³-hybridized carbons (Fsp3) is 0.429. The lowest BCUT2D eigenvalue weighted by Gasteiger charge is -2.12. The maximum Gasteiger partial charge on any atom is 0.369 e. The van der Waals surface area contributed by atoms with Crippen molar-refractivity contribution in [1.82, 2.24) is 10.6 Å². The van der Waals surface area contributed by atoms with Crippen molar-refractivity contribution < 1.29 is 4.68 Å². The van der Waals surface area contributed by atoms with Crippen LogP contribution in [0.5, 0.6) is 0 Å². The summed E-state index contributed by atoms with van der Waals surface area (Å²) < 4.78 is 1.93. The van der Waals surface area contributed by atoms with Gasteiger partial charge in [-0.05, 0) is 18.4 Å². The van der Waals surface area contributed by atoms with E-state index in [1.165, 1.54) is 16.8 Å². The Hall–Kier alpha value is -1.84. The minimum absolute atomic E-state index is 1.01. The van der Waals surface area contributed by atoms with Crippen LogP contribution < -0.4 is 10.6 Å². The predicted octanol–water partition coefficient (Wildman–Crippen LogP) is 0.918.